The number of amides is 1. The number of aromatic amines is 1. The third kappa shape index (κ3) is 2.70. The number of likely N-dealkylation sites (tertiary alicyclic amines) is 1. The number of rotatable bonds is 4. The van der Waals surface area contributed by atoms with Gasteiger partial charge in [-0.05, 0) is 36.6 Å². The van der Waals surface area contributed by atoms with E-state index in [9.17, 15) is 4.79 Å². The Morgan fingerprint density at radius 2 is 2.35 bits per heavy atom. The Hall–Kier alpha value is -1.81. The molecule has 4 heteroatoms. The second-order valence-electron chi connectivity index (χ2n) is 5.62. The van der Waals surface area contributed by atoms with Crippen molar-refractivity contribution in [3.05, 3.63) is 36.0 Å². The van der Waals surface area contributed by atoms with E-state index < -0.39 is 0 Å². The van der Waals surface area contributed by atoms with E-state index in [2.05, 4.69) is 39.5 Å². The van der Waals surface area contributed by atoms with Crippen LogP contribution in [-0.4, -0.2) is 35.9 Å². The van der Waals surface area contributed by atoms with E-state index in [1.54, 1.807) is 7.05 Å². The largest absolute Gasteiger partial charge is 0.361 e. The summed E-state index contributed by atoms with van der Waals surface area (Å²) in [6.07, 6.45) is 3.77. The second-order valence-corrected chi connectivity index (χ2v) is 5.62. The number of hydrogen-bond donors (Lipinski definition) is 2. The van der Waals surface area contributed by atoms with Crippen molar-refractivity contribution in [1.82, 2.24) is 15.2 Å². The molecule has 3 rings (SSSR count). The summed E-state index contributed by atoms with van der Waals surface area (Å²) < 4.78 is 0. The maximum absolute atomic E-state index is 11.4. The molecule has 1 atom stereocenters. The molecule has 1 aliphatic rings. The minimum Gasteiger partial charge on any atom is -0.361 e. The molecule has 0 aliphatic carbocycles. The first-order valence-electron chi connectivity index (χ1n) is 7.24. The lowest BCUT2D eigenvalue weighted by Crippen LogP contribution is -2.24. The van der Waals surface area contributed by atoms with Crippen molar-refractivity contribution < 1.29 is 4.79 Å². The van der Waals surface area contributed by atoms with Crippen LogP contribution < -0.4 is 5.32 Å². The number of benzene rings is 1. The minimum absolute atomic E-state index is 0.157. The highest BCUT2D eigenvalue weighted by molar-refractivity contribution is 5.82. The van der Waals surface area contributed by atoms with Crippen LogP contribution in [0.25, 0.3) is 10.9 Å². The van der Waals surface area contributed by atoms with Crippen LogP contribution in [-0.2, 0) is 11.3 Å². The smallest absolute Gasteiger partial charge is 0.220 e. The molecule has 2 aromatic rings. The van der Waals surface area contributed by atoms with Gasteiger partial charge in [0.2, 0.25) is 5.91 Å². The molecule has 0 spiro atoms. The molecule has 1 amide bonds. The van der Waals surface area contributed by atoms with Gasteiger partial charge in [-0.2, -0.15) is 0 Å². The van der Waals surface area contributed by atoms with Crippen molar-refractivity contribution in [2.45, 2.75) is 19.4 Å². The molecule has 1 aromatic carbocycles. The molecular weight excluding hydrogens is 250 g/mol. The Kier molecular flexibility index (Phi) is 3.74. The lowest BCUT2D eigenvalue weighted by molar-refractivity contribution is -0.121. The minimum atomic E-state index is 0.157. The first-order chi connectivity index (χ1) is 9.76. The fourth-order valence-electron chi connectivity index (χ4n) is 3.12. The highest BCUT2D eigenvalue weighted by Gasteiger charge is 2.24. The van der Waals surface area contributed by atoms with Gasteiger partial charge in [0.05, 0.1) is 0 Å². The van der Waals surface area contributed by atoms with Crippen molar-refractivity contribution >= 4 is 16.8 Å². The van der Waals surface area contributed by atoms with E-state index in [4.69, 9.17) is 0 Å². The third-order valence-electron chi connectivity index (χ3n) is 4.20. The number of carbonyl (C=O) groups is 1. The van der Waals surface area contributed by atoms with Gasteiger partial charge in [0.1, 0.15) is 0 Å². The molecule has 1 fully saturated rings. The van der Waals surface area contributed by atoms with E-state index in [0.717, 1.165) is 26.1 Å². The van der Waals surface area contributed by atoms with E-state index in [0.29, 0.717) is 12.3 Å². The van der Waals surface area contributed by atoms with Gasteiger partial charge in [0.25, 0.3) is 0 Å². The number of hydrogen-bond acceptors (Lipinski definition) is 2. The monoisotopic (exact) mass is 271 g/mol. The van der Waals surface area contributed by atoms with Crippen LogP contribution in [0.3, 0.4) is 0 Å². The van der Waals surface area contributed by atoms with Gasteiger partial charge < -0.3 is 10.3 Å². The lowest BCUT2D eigenvalue weighted by Gasteiger charge is -2.16. The summed E-state index contributed by atoms with van der Waals surface area (Å²) >= 11 is 0. The van der Waals surface area contributed by atoms with Crippen LogP contribution in [0.1, 0.15) is 18.4 Å². The summed E-state index contributed by atoms with van der Waals surface area (Å²) in [5, 5.41) is 4.02. The first-order valence-corrected chi connectivity index (χ1v) is 7.24. The SMILES string of the molecule is CNC(=O)CC1CCN(Cc2cccc3[nH]ccc23)C1. The summed E-state index contributed by atoms with van der Waals surface area (Å²) in [7, 11) is 1.71. The highest BCUT2D eigenvalue weighted by Crippen LogP contribution is 2.24. The molecule has 2 heterocycles. The molecule has 1 aliphatic heterocycles. The standard InChI is InChI=1S/C16H21N3O/c1-17-16(20)9-12-6-8-19(10-12)11-13-3-2-4-15-14(13)5-7-18-15/h2-5,7,12,18H,6,8-11H2,1H3,(H,17,20). The Bertz CT molecular complexity index is 605. The Morgan fingerprint density at radius 3 is 3.20 bits per heavy atom. The zero-order valence-electron chi connectivity index (χ0n) is 11.9. The van der Waals surface area contributed by atoms with Crippen LogP contribution in [0.2, 0.25) is 0 Å². The molecule has 1 saturated heterocycles. The number of fused-ring (bicyclic) bond motifs is 1. The Morgan fingerprint density at radius 1 is 1.45 bits per heavy atom. The Balaban J connectivity index is 1.64. The van der Waals surface area contributed by atoms with Crippen molar-refractivity contribution in [2.24, 2.45) is 5.92 Å². The maximum Gasteiger partial charge on any atom is 0.220 e. The van der Waals surface area contributed by atoms with E-state index in [1.807, 2.05) is 6.20 Å². The van der Waals surface area contributed by atoms with Gasteiger partial charge in [-0.15, -0.1) is 0 Å². The second kappa shape index (κ2) is 5.67. The number of H-pyrrole nitrogens is 1. The van der Waals surface area contributed by atoms with Crippen molar-refractivity contribution in [1.29, 1.82) is 0 Å². The van der Waals surface area contributed by atoms with Crippen molar-refractivity contribution in [3.63, 3.8) is 0 Å². The topological polar surface area (TPSA) is 48.1 Å². The quantitative estimate of drug-likeness (QED) is 0.895. The van der Waals surface area contributed by atoms with Crippen LogP contribution >= 0.6 is 0 Å². The summed E-state index contributed by atoms with van der Waals surface area (Å²) in [4.78, 5) is 17.1. The van der Waals surface area contributed by atoms with Crippen molar-refractivity contribution in [3.8, 4) is 0 Å². The van der Waals surface area contributed by atoms with Gasteiger partial charge in [-0.25, -0.2) is 0 Å². The predicted molar refractivity (Wildman–Crippen MR) is 80.4 cm³/mol. The average molecular weight is 271 g/mol. The fourth-order valence-corrected chi connectivity index (χ4v) is 3.12. The average Bonchev–Trinajstić information content (AvgIpc) is 3.08. The van der Waals surface area contributed by atoms with Gasteiger partial charge in [0, 0.05) is 43.7 Å². The molecule has 0 bridgehead atoms. The van der Waals surface area contributed by atoms with Gasteiger partial charge >= 0.3 is 0 Å². The molecule has 2 N–H and O–H groups in total. The lowest BCUT2D eigenvalue weighted by atomic mass is 10.0. The van der Waals surface area contributed by atoms with Crippen LogP contribution in [0.4, 0.5) is 0 Å². The highest BCUT2D eigenvalue weighted by atomic mass is 16.1. The number of nitrogens with one attached hydrogen (secondary N) is 2. The molecule has 106 valence electrons. The van der Waals surface area contributed by atoms with E-state index >= 15 is 0 Å². The zero-order chi connectivity index (χ0) is 13.9. The molecule has 1 unspecified atom stereocenters. The number of nitrogens with zero attached hydrogens (tertiary/aromatic N) is 1. The molecule has 0 saturated carbocycles. The Labute approximate surface area is 119 Å². The van der Waals surface area contributed by atoms with E-state index in [1.165, 1.54) is 16.5 Å². The molecule has 1 aromatic heterocycles. The normalized spacial score (nSPS) is 19.6. The van der Waals surface area contributed by atoms with Crippen LogP contribution in [0.15, 0.2) is 30.5 Å². The number of carbonyl (C=O) groups excluding carboxylic acids is 1. The summed E-state index contributed by atoms with van der Waals surface area (Å²) in [5.74, 6) is 0.657. The predicted octanol–water partition coefficient (Wildman–Crippen LogP) is 2.13. The number of aromatic nitrogens is 1. The van der Waals surface area contributed by atoms with Gasteiger partial charge in [-0.3, -0.25) is 9.69 Å². The summed E-state index contributed by atoms with van der Waals surface area (Å²) in [5.41, 5.74) is 2.56. The summed E-state index contributed by atoms with van der Waals surface area (Å²) in [6, 6.07) is 8.55. The van der Waals surface area contributed by atoms with Crippen LogP contribution in [0.5, 0.6) is 0 Å². The first kappa shape index (κ1) is 13.2. The molecule has 20 heavy (non-hydrogen) atoms. The maximum atomic E-state index is 11.4. The molecule has 4 nitrogen and oxygen atoms in total. The zero-order valence-corrected chi connectivity index (χ0v) is 11.9. The van der Waals surface area contributed by atoms with E-state index in [-0.39, 0.29) is 5.91 Å². The van der Waals surface area contributed by atoms with Gasteiger partial charge in [-0.1, -0.05) is 12.1 Å². The van der Waals surface area contributed by atoms with Gasteiger partial charge in [0.15, 0.2) is 0 Å². The van der Waals surface area contributed by atoms with Crippen molar-refractivity contribution in [2.75, 3.05) is 20.1 Å². The summed E-state index contributed by atoms with van der Waals surface area (Å²) in [6.45, 7) is 3.08. The fraction of sp³-hybridized carbons (Fsp3) is 0.438. The molecule has 0 radical (unpaired) electrons. The molecular formula is C16H21N3O. The van der Waals surface area contributed by atoms with Crippen LogP contribution in [0, 0.1) is 5.92 Å². The third-order valence-corrected chi connectivity index (χ3v) is 4.20.